The Kier molecular flexibility index (Phi) is 5.82. The van der Waals surface area contributed by atoms with Crippen LogP contribution in [0.25, 0.3) is 0 Å². The third-order valence-electron chi connectivity index (χ3n) is 2.69. The Bertz CT molecular complexity index is 552. The Hall–Kier alpha value is -1.07. The van der Waals surface area contributed by atoms with Gasteiger partial charge in [-0.25, -0.2) is 13.2 Å². The molecule has 0 aliphatic heterocycles. The fourth-order valence-corrected chi connectivity index (χ4v) is 2.37. The van der Waals surface area contributed by atoms with Crippen LogP contribution in [0.2, 0.25) is 0 Å². The van der Waals surface area contributed by atoms with Crippen molar-refractivity contribution in [3.05, 3.63) is 29.3 Å². The van der Waals surface area contributed by atoms with Crippen molar-refractivity contribution in [2.24, 2.45) is 0 Å². The Morgan fingerprint density at radius 3 is 2.53 bits per heavy atom. The summed E-state index contributed by atoms with van der Waals surface area (Å²) in [4.78, 5) is 11.8. The van der Waals surface area contributed by atoms with Gasteiger partial charge in [-0.05, 0) is 30.5 Å². The molecule has 0 fully saturated rings. The van der Waals surface area contributed by atoms with Crippen LogP contribution in [0.15, 0.2) is 23.1 Å². The van der Waals surface area contributed by atoms with Crippen molar-refractivity contribution >= 4 is 25.7 Å². The normalized spacial score (nSPS) is 11.3. The second kappa shape index (κ2) is 6.91. The first-order valence-corrected chi connectivity index (χ1v) is 8.45. The number of esters is 1. The van der Waals surface area contributed by atoms with Crippen molar-refractivity contribution in [1.82, 2.24) is 0 Å². The second-order valence-corrected chi connectivity index (χ2v) is 6.67. The number of unbranched alkanes of at least 4 members (excludes halogenated alkanes) is 1. The smallest absolute Gasteiger partial charge is 0.338 e. The summed E-state index contributed by atoms with van der Waals surface area (Å²) >= 11 is 0. The minimum Gasteiger partial charge on any atom is -0.462 e. The van der Waals surface area contributed by atoms with Gasteiger partial charge in [0.2, 0.25) is 0 Å². The molecule has 1 rings (SSSR count). The number of halogens is 1. The Labute approximate surface area is 118 Å². The molecule has 0 aromatic heterocycles. The van der Waals surface area contributed by atoms with E-state index < -0.39 is 15.0 Å². The first kappa shape index (κ1) is 16.0. The second-order valence-electron chi connectivity index (χ2n) is 4.10. The molecule has 0 spiro atoms. The van der Waals surface area contributed by atoms with E-state index >= 15 is 0 Å². The average Bonchev–Trinajstić information content (AvgIpc) is 2.37. The monoisotopic (exact) mass is 304 g/mol. The van der Waals surface area contributed by atoms with Crippen LogP contribution >= 0.6 is 10.7 Å². The van der Waals surface area contributed by atoms with Gasteiger partial charge >= 0.3 is 5.97 Å². The van der Waals surface area contributed by atoms with Gasteiger partial charge in [-0.3, -0.25) is 0 Å². The van der Waals surface area contributed by atoms with E-state index in [1.165, 1.54) is 12.1 Å². The number of hydrogen-bond donors (Lipinski definition) is 0. The van der Waals surface area contributed by atoms with Crippen LogP contribution in [0, 0.1) is 0 Å². The van der Waals surface area contributed by atoms with E-state index in [-0.39, 0.29) is 10.5 Å². The summed E-state index contributed by atoms with van der Waals surface area (Å²) in [6.07, 6.45) is 2.31. The van der Waals surface area contributed by atoms with Gasteiger partial charge in [-0.2, -0.15) is 0 Å². The first-order chi connectivity index (χ1) is 8.90. The molecule has 0 radical (unpaired) electrons. The lowest BCUT2D eigenvalue weighted by Gasteiger charge is -2.09. The largest absolute Gasteiger partial charge is 0.462 e. The Balaban J connectivity index is 3.06. The highest BCUT2D eigenvalue weighted by Gasteiger charge is 2.17. The molecule has 0 atom stereocenters. The van der Waals surface area contributed by atoms with E-state index in [9.17, 15) is 13.2 Å². The van der Waals surface area contributed by atoms with Gasteiger partial charge in [0, 0.05) is 10.7 Å². The van der Waals surface area contributed by atoms with Crippen molar-refractivity contribution in [2.75, 3.05) is 6.61 Å². The number of ether oxygens (including phenoxy) is 1. The fourth-order valence-electron chi connectivity index (χ4n) is 1.59. The molecule has 0 heterocycles. The van der Waals surface area contributed by atoms with Crippen molar-refractivity contribution < 1.29 is 17.9 Å². The van der Waals surface area contributed by atoms with E-state index in [1.54, 1.807) is 6.07 Å². The van der Waals surface area contributed by atoms with E-state index in [4.69, 9.17) is 15.4 Å². The summed E-state index contributed by atoms with van der Waals surface area (Å²) in [5.41, 5.74) is 1.01. The highest BCUT2D eigenvalue weighted by molar-refractivity contribution is 8.13. The molecule has 1 aromatic carbocycles. The molecular weight excluding hydrogens is 288 g/mol. The van der Waals surface area contributed by atoms with Crippen molar-refractivity contribution in [3.8, 4) is 0 Å². The standard InChI is InChI=1S/C13H17ClO4S/c1-3-5-8-18-13(15)12-9-11(19(14,16)17)7-6-10(12)4-2/h6-7,9H,3-5,8H2,1-2H3. The number of carbonyl (C=O) groups excluding carboxylic acids is 1. The SMILES string of the molecule is CCCCOC(=O)c1cc(S(=O)(=O)Cl)ccc1CC. The van der Waals surface area contributed by atoms with Crippen molar-refractivity contribution in [3.63, 3.8) is 0 Å². The predicted molar refractivity (Wildman–Crippen MR) is 74.0 cm³/mol. The highest BCUT2D eigenvalue weighted by Crippen LogP contribution is 2.20. The summed E-state index contributed by atoms with van der Waals surface area (Å²) in [7, 11) is 1.43. The molecule has 6 heteroatoms. The van der Waals surface area contributed by atoms with Gasteiger partial charge in [0.05, 0.1) is 17.1 Å². The minimum atomic E-state index is -3.84. The number of carbonyl (C=O) groups is 1. The molecule has 0 saturated carbocycles. The average molecular weight is 305 g/mol. The summed E-state index contributed by atoms with van der Waals surface area (Å²) in [5, 5.41) is 0. The summed E-state index contributed by atoms with van der Waals surface area (Å²) in [5.74, 6) is -0.507. The summed E-state index contributed by atoms with van der Waals surface area (Å²) < 4.78 is 27.7. The molecule has 4 nitrogen and oxygen atoms in total. The Morgan fingerprint density at radius 1 is 1.32 bits per heavy atom. The predicted octanol–water partition coefficient (Wildman–Crippen LogP) is 3.13. The van der Waals surface area contributed by atoms with Gasteiger partial charge < -0.3 is 4.74 Å². The third-order valence-corrected chi connectivity index (χ3v) is 4.05. The molecule has 0 unspecified atom stereocenters. The van der Waals surface area contributed by atoms with E-state index in [1.807, 2.05) is 13.8 Å². The van der Waals surface area contributed by atoms with Crippen LogP contribution in [0.3, 0.4) is 0 Å². The fraction of sp³-hybridized carbons (Fsp3) is 0.462. The third kappa shape index (κ3) is 4.51. The zero-order chi connectivity index (χ0) is 14.5. The van der Waals surface area contributed by atoms with Gasteiger partial charge in [0.15, 0.2) is 0 Å². The maximum Gasteiger partial charge on any atom is 0.338 e. The van der Waals surface area contributed by atoms with Crippen LogP contribution in [-0.2, 0) is 20.2 Å². The number of rotatable bonds is 6. The highest BCUT2D eigenvalue weighted by atomic mass is 35.7. The van der Waals surface area contributed by atoms with Crippen LogP contribution in [-0.4, -0.2) is 21.0 Å². The molecule has 0 saturated heterocycles. The summed E-state index contributed by atoms with van der Waals surface area (Å²) in [6.45, 7) is 4.20. The van der Waals surface area contributed by atoms with Gasteiger partial charge in [-0.1, -0.05) is 26.3 Å². The topological polar surface area (TPSA) is 60.4 Å². The van der Waals surface area contributed by atoms with Gasteiger partial charge in [0.1, 0.15) is 0 Å². The van der Waals surface area contributed by atoms with Gasteiger partial charge in [0.25, 0.3) is 9.05 Å². The number of benzene rings is 1. The maximum atomic E-state index is 11.9. The Morgan fingerprint density at radius 2 is 2.00 bits per heavy atom. The van der Waals surface area contributed by atoms with Gasteiger partial charge in [-0.15, -0.1) is 0 Å². The summed E-state index contributed by atoms with van der Waals surface area (Å²) in [6, 6.07) is 4.26. The van der Waals surface area contributed by atoms with Crippen LogP contribution < -0.4 is 0 Å². The molecule has 0 aliphatic carbocycles. The molecule has 0 amide bonds. The van der Waals surface area contributed by atoms with Crippen molar-refractivity contribution in [2.45, 2.75) is 38.0 Å². The molecule has 0 bridgehead atoms. The minimum absolute atomic E-state index is 0.0891. The molecule has 19 heavy (non-hydrogen) atoms. The van der Waals surface area contributed by atoms with Crippen LogP contribution in [0.5, 0.6) is 0 Å². The van der Waals surface area contributed by atoms with Crippen LogP contribution in [0.1, 0.15) is 42.6 Å². The van der Waals surface area contributed by atoms with Crippen LogP contribution in [0.4, 0.5) is 0 Å². The van der Waals surface area contributed by atoms with Crippen molar-refractivity contribution in [1.29, 1.82) is 0 Å². The van der Waals surface area contributed by atoms with E-state index in [0.717, 1.165) is 18.4 Å². The zero-order valence-corrected chi connectivity index (χ0v) is 12.6. The lowest BCUT2D eigenvalue weighted by molar-refractivity contribution is 0.0498. The quantitative estimate of drug-likeness (QED) is 0.460. The molecule has 106 valence electrons. The van der Waals surface area contributed by atoms with E-state index in [2.05, 4.69) is 0 Å². The molecule has 1 aromatic rings. The number of hydrogen-bond acceptors (Lipinski definition) is 4. The molecular formula is C13H17ClO4S. The maximum absolute atomic E-state index is 11.9. The zero-order valence-electron chi connectivity index (χ0n) is 11.0. The first-order valence-electron chi connectivity index (χ1n) is 6.14. The number of aryl methyl sites for hydroxylation is 1. The van der Waals surface area contributed by atoms with E-state index in [0.29, 0.717) is 13.0 Å². The lowest BCUT2D eigenvalue weighted by atomic mass is 10.1. The molecule has 0 N–H and O–H groups in total. The molecule has 0 aliphatic rings. The lowest BCUT2D eigenvalue weighted by Crippen LogP contribution is -2.10.